The monoisotopic (exact) mass is 388 g/mol. The number of pyridine rings is 1. The summed E-state index contributed by atoms with van der Waals surface area (Å²) in [5.74, 6) is -0.335. The van der Waals surface area contributed by atoms with Gasteiger partial charge < -0.3 is 10.4 Å². The van der Waals surface area contributed by atoms with E-state index in [2.05, 4.69) is 35.4 Å². The molecule has 3 aromatic rings. The van der Waals surface area contributed by atoms with Gasteiger partial charge >= 0.3 is 0 Å². The molecule has 2 atom stereocenters. The maximum absolute atomic E-state index is 13.7. The van der Waals surface area contributed by atoms with E-state index in [4.69, 9.17) is 0 Å². The van der Waals surface area contributed by atoms with Gasteiger partial charge in [-0.1, -0.05) is 30.3 Å². The normalized spacial score (nSPS) is 13.1. The van der Waals surface area contributed by atoms with Crippen LogP contribution in [-0.2, 0) is 6.54 Å². The maximum Gasteiger partial charge on any atom is 0.128 e. The zero-order valence-corrected chi connectivity index (χ0v) is 16.3. The number of aliphatic hydroxyl groups is 1. The highest BCUT2D eigenvalue weighted by Gasteiger charge is 2.12. The lowest BCUT2D eigenvalue weighted by atomic mass is 10.0. The highest BCUT2D eigenvalue weighted by molar-refractivity contribution is 5.85. The van der Waals surface area contributed by atoms with Gasteiger partial charge in [-0.2, -0.15) is 0 Å². The zero-order valence-electron chi connectivity index (χ0n) is 15.4. The molecule has 3 rings (SSSR count). The standard InChI is InChI=1S/C22H25FN2O.ClH/c1-16(5-4-8-22(26)20-6-2-3-7-21(20)23)25-14-17-9-10-19-15-24-12-11-18(19)13-17;/h2-3,6-7,9-13,15-16,22,25-26H,4-5,8,14H2,1H3;1H/t16-,22?;/m1./s1. The number of fused-ring (bicyclic) bond motifs is 1. The van der Waals surface area contributed by atoms with Gasteiger partial charge in [-0.3, -0.25) is 4.98 Å². The van der Waals surface area contributed by atoms with Gasteiger partial charge in [0.25, 0.3) is 0 Å². The highest BCUT2D eigenvalue weighted by atomic mass is 35.5. The van der Waals surface area contributed by atoms with E-state index in [1.165, 1.54) is 17.0 Å². The van der Waals surface area contributed by atoms with Crippen LogP contribution in [0, 0.1) is 5.82 Å². The van der Waals surface area contributed by atoms with E-state index in [1.54, 1.807) is 18.2 Å². The first kappa shape index (κ1) is 21.3. The van der Waals surface area contributed by atoms with Crippen molar-refractivity contribution in [1.29, 1.82) is 0 Å². The molecule has 1 aromatic heterocycles. The number of aromatic nitrogens is 1. The number of nitrogens with one attached hydrogen (secondary N) is 1. The lowest BCUT2D eigenvalue weighted by Crippen LogP contribution is -2.25. The van der Waals surface area contributed by atoms with Crippen molar-refractivity contribution in [3.63, 3.8) is 0 Å². The minimum Gasteiger partial charge on any atom is -0.388 e. The largest absolute Gasteiger partial charge is 0.388 e. The average Bonchev–Trinajstić information content (AvgIpc) is 2.66. The summed E-state index contributed by atoms with van der Waals surface area (Å²) in [6.45, 7) is 2.94. The lowest BCUT2D eigenvalue weighted by Gasteiger charge is -2.16. The quantitative estimate of drug-likeness (QED) is 0.559. The molecule has 0 aliphatic heterocycles. The van der Waals surface area contributed by atoms with Crippen molar-refractivity contribution in [1.82, 2.24) is 10.3 Å². The first-order valence-electron chi connectivity index (χ1n) is 9.12. The number of halogens is 2. The molecule has 1 heterocycles. The Morgan fingerprint density at radius 1 is 1.07 bits per heavy atom. The van der Waals surface area contributed by atoms with Gasteiger partial charge in [0.1, 0.15) is 5.82 Å². The number of nitrogens with zero attached hydrogens (tertiary/aromatic N) is 1. The van der Waals surface area contributed by atoms with Crippen LogP contribution in [-0.4, -0.2) is 16.1 Å². The Morgan fingerprint density at radius 3 is 2.70 bits per heavy atom. The number of rotatable bonds is 8. The molecule has 27 heavy (non-hydrogen) atoms. The molecule has 3 nitrogen and oxygen atoms in total. The molecule has 0 saturated heterocycles. The molecule has 5 heteroatoms. The van der Waals surface area contributed by atoms with Crippen molar-refractivity contribution in [3.05, 3.63) is 77.9 Å². The molecule has 2 N–H and O–H groups in total. The molecular formula is C22H26ClFN2O. The lowest BCUT2D eigenvalue weighted by molar-refractivity contribution is 0.158. The van der Waals surface area contributed by atoms with Crippen LogP contribution in [0.15, 0.2) is 60.9 Å². The Kier molecular flexibility index (Phi) is 8.17. The zero-order chi connectivity index (χ0) is 18.4. The molecule has 144 valence electrons. The number of benzene rings is 2. The molecule has 0 saturated carbocycles. The van der Waals surface area contributed by atoms with Crippen LogP contribution in [0.2, 0.25) is 0 Å². The van der Waals surface area contributed by atoms with E-state index in [0.717, 1.165) is 24.8 Å². The second-order valence-electron chi connectivity index (χ2n) is 6.81. The second-order valence-corrected chi connectivity index (χ2v) is 6.81. The third-order valence-electron chi connectivity index (χ3n) is 4.74. The molecule has 0 radical (unpaired) electrons. The van der Waals surface area contributed by atoms with Crippen molar-refractivity contribution >= 4 is 23.2 Å². The van der Waals surface area contributed by atoms with Crippen LogP contribution in [0.1, 0.15) is 43.4 Å². The number of hydrogen-bond acceptors (Lipinski definition) is 3. The molecule has 0 bridgehead atoms. The van der Waals surface area contributed by atoms with Crippen LogP contribution < -0.4 is 5.32 Å². The average molecular weight is 389 g/mol. The molecular weight excluding hydrogens is 363 g/mol. The molecule has 0 aliphatic carbocycles. The van der Waals surface area contributed by atoms with Gasteiger partial charge in [0, 0.05) is 35.9 Å². The fourth-order valence-corrected chi connectivity index (χ4v) is 3.16. The predicted molar refractivity (Wildman–Crippen MR) is 111 cm³/mol. The minimum absolute atomic E-state index is 0. The van der Waals surface area contributed by atoms with Crippen molar-refractivity contribution in [2.24, 2.45) is 0 Å². The van der Waals surface area contributed by atoms with Gasteiger partial charge in [-0.05, 0) is 55.3 Å². The fourth-order valence-electron chi connectivity index (χ4n) is 3.16. The summed E-state index contributed by atoms with van der Waals surface area (Å²) in [5, 5.41) is 16.0. The first-order chi connectivity index (χ1) is 12.6. The SMILES string of the molecule is C[C@H](CCCC(O)c1ccccc1F)NCc1ccc2cnccc2c1.Cl. The van der Waals surface area contributed by atoms with Gasteiger partial charge in [-0.15, -0.1) is 12.4 Å². The summed E-state index contributed by atoms with van der Waals surface area (Å²) in [7, 11) is 0. The van der Waals surface area contributed by atoms with Crippen molar-refractivity contribution < 1.29 is 9.50 Å². The summed E-state index contributed by atoms with van der Waals surface area (Å²) >= 11 is 0. The predicted octanol–water partition coefficient (Wildman–Crippen LogP) is 5.18. The Hall–Kier alpha value is -2.01. The molecule has 0 aliphatic rings. The minimum atomic E-state index is -0.738. The summed E-state index contributed by atoms with van der Waals surface area (Å²) in [6.07, 6.45) is 5.28. The smallest absolute Gasteiger partial charge is 0.128 e. The molecule has 0 amide bonds. The van der Waals surface area contributed by atoms with Crippen LogP contribution in [0.5, 0.6) is 0 Å². The Bertz CT molecular complexity index is 858. The van der Waals surface area contributed by atoms with Gasteiger partial charge in [-0.25, -0.2) is 4.39 Å². The fraction of sp³-hybridized carbons (Fsp3) is 0.318. The first-order valence-corrected chi connectivity index (χ1v) is 9.12. The molecule has 0 spiro atoms. The van der Waals surface area contributed by atoms with E-state index in [-0.39, 0.29) is 18.2 Å². The second kappa shape index (κ2) is 10.4. The molecule has 2 aromatic carbocycles. The number of aliphatic hydroxyl groups excluding tert-OH is 1. The Labute approximate surface area is 166 Å². The van der Waals surface area contributed by atoms with E-state index in [0.29, 0.717) is 18.0 Å². The molecule has 0 fully saturated rings. The van der Waals surface area contributed by atoms with Crippen molar-refractivity contribution in [2.45, 2.75) is 44.9 Å². The van der Waals surface area contributed by atoms with E-state index in [9.17, 15) is 9.50 Å². The van der Waals surface area contributed by atoms with Crippen LogP contribution in [0.3, 0.4) is 0 Å². The third kappa shape index (κ3) is 5.99. The van der Waals surface area contributed by atoms with Crippen LogP contribution in [0.25, 0.3) is 10.8 Å². The summed E-state index contributed by atoms with van der Waals surface area (Å²) in [4.78, 5) is 4.13. The number of hydrogen-bond donors (Lipinski definition) is 2. The van der Waals surface area contributed by atoms with Crippen LogP contribution >= 0.6 is 12.4 Å². The van der Waals surface area contributed by atoms with Crippen molar-refractivity contribution in [3.8, 4) is 0 Å². The molecule has 1 unspecified atom stereocenters. The topological polar surface area (TPSA) is 45.1 Å². The van der Waals surface area contributed by atoms with Gasteiger partial charge in [0.15, 0.2) is 0 Å². The van der Waals surface area contributed by atoms with E-state index < -0.39 is 6.10 Å². The maximum atomic E-state index is 13.7. The van der Waals surface area contributed by atoms with Gasteiger partial charge in [0.05, 0.1) is 6.10 Å². The third-order valence-corrected chi connectivity index (χ3v) is 4.74. The highest BCUT2D eigenvalue weighted by Crippen LogP contribution is 2.22. The Balaban J connectivity index is 0.00000261. The van der Waals surface area contributed by atoms with E-state index in [1.807, 2.05) is 18.5 Å². The van der Waals surface area contributed by atoms with Gasteiger partial charge in [0.2, 0.25) is 0 Å². The summed E-state index contributed by atoms with van der Waals surface area (Å²) < 4.78 is 13.7. The summed E-state index contributed by atoms with van der Waals surface area (Å²) in [6, 6.07) is 15.2. The van der Waals surface area contributed by atoms with E-state index >= 15 is 0 Å². The van der Waals surface area contributed by atoms with Crippen LogP contribution in [0.4, 0.5) is 4.39 Å². The van der Waals surface area contributed by atoms with Crippen molar-refractivity contribution in [2.75, 3.05) is 0 Å². The Morgan fingerprint density at radius 2 is 1.89 bits per heavy atom. The summed E-state index contributed by atoms with van der Waals surface area (Å²) in [5.41, 5.74) is 1.63.